The van der Waals surface area contributed by atoms with E-state index >= 15 is 0 Å². The molecule has 3 heteroatoms. The highest BCUT2D eigenvalue weighted by molar-refractivity contribution is 5.47. The third-order valence-corrected chi connectivity index (χ3v) is 3.68. The van der Waals surface area contributed by atoms with E-state index in [1.165, 1.54) is 12.8 Å². The summed E-state index contributed by atoms with van der Waals surface area (Å²) in [6.45, 7) is 7.63. The summed E-state index contributed by atoms with van der Waals surface area (Å²) >= 11 is 0. The largest absolute Gasteiger partial charge is 0.496 e. The standard InChI is InChI=1S/C17H29NO2/c1-6-9-13(3)12-14(18-7-2)17-15(19-4)10-8-11-16(17)20-5/h8,10-11,13-14,18H,6-7,9,12H2,1-5H3. The normalized spacial score (nSPS) is 13.8. The van der Waals surface area contributed by atoms with Crippen LogP contribution in [0.25, 0.3) is 0 Å². The van der Waals surface area contributed by atoms with Gasteiger partial charge >= 0.3 is 0 Å². The molecule has 0 heterocycles. The van der Waals surface area contributed by atoms with Crippen LogP contribution in [0.15, 0.2) is 18.2 Å². The molecule has 0 fully saturated rings. The van der Waals surface area contributed by atoms with Crippen LogP contribution in [-0.2, 0) is 0 Å². The molecule has 0 saturated carbocycles. The van der Waals surface area contributed by atoms with Crippen molar-refractivity contribution >= 4 is 0 Å². The molecule has 1 rings (SSSR count). The molecular weight excluding hydrogens is 250 g/mol. The number of hydrogen-bond acceptors (Lipinski definition) is 3. The van der Waals surface area contributed by atoms with Crippen LogP contribution in [0.3, 0.4) is 0 Å². The van der Waals surface area contributed by atoms with Crippen LogP contribution in [0.2, 0.25) is 0 Å². The van der Waals surface area contributed by atoms with Gasteiger partial charge in [0.2, 0.25) is 0 Å². The predicted octanol–water partition coefficient (Wildman–Crippen LogP) is 4.18. The molecule has 2 unspecified atom stereocenters. The lowest BCUT2D eigenvalue weighted by Gasteiger charge is -2.25. The molecule has 0 aromatic heterocycles. The molecule has 0 spiro atoms. The number of rotatable bonds is 9. The van der Waals surface area contributed by atoms with Crippen LogP contribution in [-0.4, -0.2) is 20.8 Å². The zero-order valence-corrected chi connectivity index (χ0v) is 13.5. The molecule has 3 nitrogen and oxygen atoms in total. The first-order valence-corrected chi connectivity index (χ1v) is 7.62. The molecule has 0 aliphatic heterocycles. The highest BCUT2D eigenvalue weighted by atomic mass is 16.5. The lowest BCUT2D eigenvalue weighted by atomic mass is 9.92. The fourth-order valence-electron chi connectivity index (χ4n) is 2.79. The van der Waals surface area contributed by atoms with Gasteiger partial charge in [0.05, 0.1) is 19.8 Å². The Bertz CT molecular complexity index is 370. The van der Waals surface area contributed by atoms with Crippen molar-refractivity contribution < 1.29 is 9.47 Å². The second kappa shape index (κ2) is 8.85. The Morgan fingerprint density at radius 1 is 1.10 bits per heavy atom. The summed E-state index contributed by atoms with van der Waals surface area (Å²) in [6, 6.07) is 6.26. The van der Waals surface area contributed by atoms with Gasteiger partial charge in [-0.25, -0.2) is 0 Å². The van der Waals surface area contributed by atoms with Crippen molar-refractivity contribution in [1.82, 2.24) is 5.32 Å². The molecule has 0 aliphatic rings. The van der Waals surface area contributed by atoms with Crippen LogP contribution in [0, 0.1) is 5.92 Å². The molecule has 0 amide bonds. The number of hydrogen-bond donors (Lipinski definition) is 1. The summed E-state index contributed by atoms with van der Waals surface area (Å²) < 4.78 is 11.1. The summed E-state index contributed by atoms with van der Waals surface area (Å²) in [7, 11) is 3.44. The minimum absolute atomic E-state index is 0.271. The number of nitrogens with one attached hydrogen (secondary N) is 1. The first-order valence-electron chi connectivity index (χ1n) is 7.62. The number of methoxy groups -OCH3 is 2. The van der Waals surface area contributed by atoms with E-state index < -0.39 is 0 Å². The Morgan fingerprint density at radius 3 is 2.15 bits per heavy atom. The Labute approximate surface area is 123 Å². The van der Waals surface area contributed by atoms with E-state index in [4.69, 9.17) is 9.47 Å². The van der Waals surface area contributed by atoms with Crippen LogP contribution in [0.5, 0.6) is 11.5 Å². The summed E-state index contributed by atoms with van der Waals surface area (Å²) in [4.78, 5) is 0. The molecule has 20 heavy (non-hydrogen) atoms. The van der Waals surface area contributed by atoms with Gasteiger partial charge in [0.15, 0.2) is 0 Å². The van der Waals surface area contributed by atoms with E-state index in [2.05, 4.69) is 26.1 Å². The van der Waals surface area contributed by atoms with E-state index in [1.807, 2.05) is 18.2 Å². The van der Waals surface area contributed by atoms with Crippen LogP contribution < -0.4 is 14.8 Å². The van der Waals surface area contributed by atoms with Crippen molar-refractivity contribution in [1.29, 1.82) is 0 Å². The predicted molar refractivity (Wildman–Crippen MR) is 84.7 cm³/mol. The van der Waals surface area contributed by atoms with Crippen molar-refractivity contribution in [2.75, 3.05) is 20.8 Å². The highest BCUT2D eigenvalue weighted by Crippen LogP contribution is 2.37. The third kappa shape index (κ3) is 4.41. The van der Waals surface area contributed by atoms with Gasteiger partial charge in [-0.2, -0.15) is 0 Å². The average molecular weight is 279 g/mol. The van der Waals surface area contributed by atoms with Gasteiger partial charge in [-0.15, -0.1) is 0 Å². The molecule has 1 N–H and O–H groups in total. The van der Waals surface area contributed by atoms with Crippen LogP contribution >= 0.6 is 0 Å². The smallest absolute Gasteiger partial charge is 0.127 e. The quantitative estimate of drug-likeness (QED) is 0.735. The second-order valence-corrected chi connectivity index (χ2v) is 5.32. The van der Waals surface area contributed by atoms with Crippen LogP contribution in [0.1, 0.15) is 51.6 Å². The Kier molecular flexibility index (Phi) is 7.45. The molecule has 0 saturated heterocycles. The molecule has 0 radical (unpaired) electrons. The first kappa shape index (κ1) is 16.8. The van der Waals surface area contributed by atoms with E-state index in [0.29, 0.717) is 5.92 Å². The lowest BCUT2D eigenvalue weighted by Crippen LogP contribution is -2.24. The van der Waals surface area contributed by atoms with Gasteiger partial charge in [-0.05, 0) is 31.0 Å². The maximum absolute atomic E-state index is 5.54. The van der Waals surface area contributed by atoms with Crippen molar-refractivity contribution in [3.05, 3.63) is 23.8 Å². The van der Waals surface area contributed by atoms with Crippen molar-refractivity contribution in [2.45, 2.75) is 46.1 Å². The summed E-state index contributed by atoms with van der Waals surface area (Å²) in [5, 5.41) is 3.58. The molecule has 0 aliphatic carbocycles. The zero-order chi connectivity index (χ0) is 15.0. The minimum Gasteiger partial charge on any atom is -0.496 e. The van der Waals surface area contributed by atoms with E-state index in [-0.39, 0.29) is 6.04 Å². The van der Waals surface area contributed by atoms with Gasteiger partial charge < -0.3 is 14.8 Å². The minimum atomic E-state index is 0.271. The van der Waals surface area contributed by atoms with Gasteiger partial charge in [-0.1, -0.05) is 39.7 Å². The number of benzene rings is 1. The molecular formula is C17H29NO2. The second-order valence-electron chi connectivity index (χ2n) is 5.32. The number of ether oxygens (including phenoxy) is 2. The molecule has 1 aromatic carbocycles. The SMILES string of the molecule is CCCC(C)CC(NCC)c1c(OC)cccc1OC. The summed E-state index contributed by atoms with van der Waals surface area (Å²) in [5.41, 5.74) is 1.14. The first-order chi connectivity index (χ1) is 9.67. The van der Waals surface area contributed by atoms with E-state index in [0.717, 1.165) is 30.0 Å². The Balaban J connectivity index is 3.06. The maximum atomic E-state index is 5.54. The molecule has 0 bridgehead atoms. The maximum Gasteiger partial charge on any atom is 0.127 e. The monoisotopic (exact) mass is 279 g/mol. The van der Waals surface area contributed by atoms with E-state index in [9.17, 15) is 0 Å². The summed E-state index contributed by atoms with van der Waals surface area (Å²) in [5.74, 6) is 2.48. The van der Waals surface area contributed by atoms with Crippen molar-refractivity contribution in [2.24, 2.45) is 5.92 Å². The van der Waals surface area contributed by atoms with Gasteiger partial charge in [0.25, 0.3) is 0 Å². The Hall–Kier alpha value is -1.22. The average Bonchev–Trinajstić information content (AvgIpc) is 2.46. The topological polar surface area (TPSA) is 30.5 Å². The fraction of sp³-hybridized carbons (Fsp3) is 0.647. The highest BCUT2D eigenvalue weighted by Gasteiger charge is 2.21. The molecule has 114 valence electrons. The lowest BCUT2D eigenvalue weighted by molar-refractivity contribution is 0.345. The van der Waals surface area contributed by atoms with Crippen LogP contribution in [0.4, 0.5) is 0 Å². The summed E-state index contributed by atoms with van der Waals surface area (Å²) in [6.07, 6.45) is 3.57. The van der Waals surface area contributed by atoms with Gasteiger partial charge in [0, 0.05) is 6.04 Å². The zero-order valence-electron chi connectivity index (χ0n) is 13.5. The van der Waals surface area contributed by atoms with E-state index in [1.54, 1.807) is 14.2 Å². The molecule has 1 aromatic rings. The van der Waals surface area contributed by atoms with Gasteiger partial charge in [0.1, 0.15) is 11.5 Å². The fourth-order valence-corrected chi connectivity index (χ4v) is 2.79. The van der Waals surface area contributed by atoms with Crippen molar-refractivity contribution in [3.63, 3.8) is 0 Å². The van der Waals surface area contributed by atoms with Crippen molar-refractivity contribution in [3.8, 4) is 11.5 Å². The third-order valence-electron chi connectivity index (χ3n) is 3.68. The molecule has 2 atom stereocenters. The van der Waals surface area contributed by atoms with Gasteiger partial charge in [-0.3, -0.25) is 0 Å². The Morgan fingerprint density at radius 2 is 1.70 bits per heavy atom.